The first-order chi connectivity index (χ1) is 16.8. The fourth-order valence-electron chi connectivity index (χ4n) is 4.75. The molecule has 3 heterocycles. The molecular formula is C25H25BrF3N5O. The van der Waals surface area contributed by atoms with E-state index in [4.69, 9.17) is 0 Å². The monoisotopic (exact) mass is 547 g/mol. The van der Waals surface area contributed by atoms with E-state index in [9.17, 15) is 18.0 Å². The van der Waals surface area contributed by atoms with E-state index in [2.05, 4.69) is 43.4 Å². The van der Waals surface area contributed by atoms with E-state index in [1.807, 2.05) is 18.2 Å². The van der Waals surface area contributed by atoms with Gasteiger partial charge in [0.25, 0.3) is 5.91 Å². The summed E-state index contributed by atoms with van der Waals surface area (Å²) in [6.45, 7) is 3.22. The number of carbonyl (C=O) groups is 1. The van der Waals surface area contributed by atoms with Crippen LogP contribution in [0, 0.1) is 0 Å². The predicted molar refractivity (Wildman–Crippen MR) is 130 cm³/mol. The number of nitrogens with zero attached hydrogens (tertiary/aromatic N) is 4. The summed E-state index contributed by atoms with van der Waals surface area (Å²) in [5.74, 6) is -0.168. The van der Waals surface area contributed by atoms with Crippen LogP contribution in [-0.2, 0) is 6.54 Å². The molecular weight excluding hydrogens is 523 g/mol. The van der Waals surface area contributed by atoms with Crippen molar-refractivity contribution in [3.05, 3.63) is 82.0 Å². The molecule has 2 aliphatic rings. The van der Waals surface area contributed by atoms with Gasteiger partial charge in [0.2, 0.25) is 0 Å². The Kier molecular flexibility index (Phi) is 6.59. The van der Waals surface area contributed by atoms with Crippen LogP contribution in [0.25, 0.3) is 0 Å². The van der Waals surface area contributed by atoms with Gasteiger partial charge in [-0.3, -0.25) is 9.69 Å². The third-order valence-corrected chi connectivity index (χ3v) is 7.18. The number of hydrogen-bond acceptors (Lipinski definition) is 4. The second kappa shape index (κ2) is 9.66. The standard InChI is InChI=1S/C25H25BrF3N5O/c26-19-8-6-18(7-9-19)21-14-22(25(27,28)29)34-23(31-21)20(15-30-34)24(35)33-12-10-32(11-13-33)16-17-4-2-1-3-5-17/h1-9,15,21-22,31H,10-14,16H2/t21-,22-/m0/s1. The van der Waals surface area contributed by atoms with Crippen molar-refractivity contribution in [2.75, 3.05) is 31.5 Å². The zero-order chi connectivity index (χ0) is 24.6. The molecule has 1 fully saturated rings. The Labute approximate surface area is 209 Å². The summed E-state index contributed by atoms with van der Waals surface area (Å²) < 4.78 is 43.7. The van der Waals surface area contributed by atoms with Crippen molar-refractivity contribution in [2.24, 2.45) is 0 Å². The summed E-state index contributed by atoms with van der Waals surface area (Å²) in [5, 5.41) is 7.17. The van der Waals surface area contributed by atoms with E-state index in [-0.39, 0.29) is 23.7 Å². The average Bonchev–Trinajstić information content (AvgIpc) is 3.28. The van der Waals surface area contributed by atoms with E-state index < -0.39 is 18.3 Å². The molecule has 3 aromatic rings. The Bertz CT molecular complexity index is 1170. The number of nitrogens with one attached hydrogen (secondary N) is 1. The lowest BCUT2D eigenvalue weighted by Gasteiger charge is -2.36. The highest BCUT2D eigenvalue weighted by Crippen LogP contribution is 2.44. The van der Waals surface area contributed by atoms with Crippen molar-refractivity contribution in [3.8, 4) is 0 Å². The number of piperazine rings is 1. The number of amides is 1. The van der Waals surface area contributed by atoms with Gasteiger partial charge in [0, 0.05) is 43.6 Å². The summed E-state index contributed by atoms with van der Waals surface area (Å²) in [4.78, 5) is 17.3. The third-order valence-electron chi connectivity index (χ3n) is 6.65. The Balaban J connectivity index is 1.34. The highest BCUT2D eigenvalue weighted by molar-refractivity contribution is 9.10. The number of carbonyl (C=O) groups excluding carboxylic acids is 1. The van der Waals surface area contributed by atoms with Crippen LogP contribution in [0.2, 0.25) is 0 Å². The van der Waals surface area contributed by atoms with Gasteiger partial charge in [-0.05, 0) is 23.3 Å². The van der Waals surface area contributed by atoms with Crippen molar-refractivity contribution < 1.29 is 18.0 Å². The van der Waals surface area contributed by atoms with Crippen LogP contribution in [0.1, 0.15) is 40.0 Å². The number of alkyl halides is 3. The minimum atomic E-state index is -4.49. The van der Waals surface area contributed by atoms with E-state index in [1.54, 1.807) is 29.2 Å². The second-order valence-corrected chi connectivity index (χ2v) is 9.86. The highest BCUT2D eigenvalue weighted by Gasteiger charge is 2.47. The number of hydrogen-bond donors (Lipinski definition) is 1. The number of rotatable bonds is 4. The summed E-state index contributed by atoms with van der Waals surface area (Å²) in [6.07, 6.45) is -3.42. The van der Waals surface area contributed by atoms with E-state index in [1.165, 1.54) is 11.8 Å². The molecule has 2 aliphatic heterocycles. The zero-order valence-corrected chi connectivity index (χ0v) is 20.5. The molecule has 0 spiro atoms. The maximum Gasteiger partial charge on any atom is 0.410 e. The van der Waals surface area contributed by atoms with Crippen molar-refractivity contribution in [1.29, 1.82) is 0 Å². The van der Waals surface area contributed by atoms with E-state index in [0.29, 0.717) is 26.2 Å². The van der Waals surface area contributed by atoms with Gasteiger partial charge in [0.05, 0.1) is 12.2 Å². The minimum absolute atomic E-state index is 0.128. The number of anilines is 1. The van der Waals surface area contributed by atoms with Crippen molar-refractivity contribution in [1.82, 2.24) is 19.6 Å². The van der Waals surface area contributed by atoms with Crippen LogP contribution in [0.15, 0.2) is 65.3 Å². The molecule has 184 valence electrons. The van der Waals surface area contributed by atoms with E-state index in [0.717, 1.165) is 21.3 Å². The first-order valence-corrected chi connectivity index (χ1v) is 12.3. The van der Waals surface area contributed by atoms with Gasteiger partial charge in [0.1, 0.15) is 11.4 Å². The lowest BCUT2D eigenvalue weighted by molar-refractivity contribution is -0.173. The smallest absolute Gasteiger partial charge is 0.363 e. The fraction of sp³-hybridized carbons (Fsp3) is 0.360. The Morgan fingerprint density at radius 1 is 1.03 bits per heavy atom. The fourth-order valence-corrected chi connectivity index (χ4v) is 5.02. The van der Waals surface area contributed by atoms with Gasteiger partial charge in [-0.15, -0.1) is 0 Å². The molecule has 0 aliphatic carbocycles. The largest absolute Gasteiger partial charge is 0.410 e. The molecule has 0 radical (unpaired) electrons. The molecule has 10 heteroatoms. The van der Waals surface area contributed by atoms with Crippen molar-refractivity contribution in [2.45, 2.75) is 31.2 Å². The van der Waals surface area contributed by atoms with Gasteiger partial charge in [0.15, 0.2) is 6.04 Å². The van der Waals surface area contributed by atoms with Crippen LogP contribution >= 0.6 is 15.9 Å². The third kappa shape index (κ3) is 5.08. The topological polar surface area (TPSA) is 53.4 Å². The second-order valence-electron chi connectivity index (χ2n) is 8.95. The molecule has 0 unspecified atom stereocenters. The Morgan fingerprint density at radius 3 is 2.37 bits per heavy atom. The van der Waals surface area contributed by atoms with Crippen LogP contribution in [0.3, 0.4) is 0 Å². The lowest BCUT2D eigenvalue weighted by atomic mass is 9.96. The lowest BCUT2D eigenvalue weighted by Crippen LogP contribution is -2.48. The summed E-state index contributed by atoms with van der Waals surface area (Å²) in [5.41, 5.74) is 2.11. The summed E-state index contributed by atoms with van der Waals surface area (Å²) >= 11 is 3.36. The summed E-state index contributed by atoms with van der Waals surface area (Å²) in [7, 11) is 0. The minimum Gasteiger partial charge on any atom is -0.363 e. The normalized spacial score (nSPS) is 20.9. The molecule has 2 atom stereocenters. The Hall–Kier alpha value is -2.85. The van der Waals surface area contributed by atoms with Crippen molar-refractivity contribution >= 4 is 27.7 Å². The molecule has 2 aromatic carbocycles. The predicted octanol–water partition coefficient (Wildman–Crippen LogP) is 5.26. The average molecular weight is 548 g/mol. The summed E-state index contributed by atoms with van der Waals surface area (Å²) in [6, 6.07) is 14.9. The van der Waals surface area contributed by atoms with Gasteiger partial charge < -0.3 is 10.2 Å². The molecule has 6 nitrogen and oxygen atoms in total. The van der Waals surface area contributed by atoms with Gasteiger partial charge in [-0.2, -0.15) is 18.3 Å². The van der Waals surface area contributed by atoms with Gasteiger partial charge >= 0.3 is 6.18 Å². The highest BCUT2D eigenvalue weighted by atomic mass is 79.9. The van der Waals surface area contributed by atoms with Crippen LogP contribution in [0.5, 0.6) is 0 Å². The molecule has 35 heavy (non-hydrogen) atoms. The maximum atomic E-state index is 14.0. The Morgan fingerprint density at radius 2 is 1.71 bits per heavy atom. The molecule has 1 saturated heterocycles. The van der Waals surface area contributed by atoms with Crippen LogP contribution in [0.4, 0.5) is 19.0 Å². The van der Waals surface area contributed by atoms with Crippen LogP contribution in [-0.4, -0.2) is 57.8 Å². The number of benzene rings is 2. The molecule has 0 bridgehead atoms. The quantitative estimate of drug-likeness (QED) is 0.483. The van der Waals surface area contributed by atoms with Gasteiger partial charge in [-0.1, -0.05) is 58.4 Å². The molecule has 1 amide bonds. The number of fused-ring (bicyclic) bond motifs is 1. The maximum absolute atomic E-state index is 14.0. The molecule has 1 aromatic heterocycles. The zero-order valence-electron chi connectivity index (χ0n) is 18.9. The van der Waals surface area contributed by atoms with Crippen LogP contribution < -0.4 is 5.32 Å². The SMILES string of the molecule is O=C(c1cnn2c1N[C@H](c1ccc(Br)cc1)C[C@H]2C(F)(F)F)N1CCN(Cc2ccccc2)CC1. The van der Waals surface area contributed by atoms with E-state index >= 15 is 0 Å². The first kappa shape index (κ1) is 23.9. The molecule has 1 N–H and O–H groups in total. The first-order valence-electron chi connectivity index (χ1n) is 11.5. The number of halogens is 4. The molecule has 5 rings (SSSR count). The van der Waals surface area contributed by atoms with Crippen molar-refractivity contribution in [3.63, 3.8) is 0 Å². The number of aromatic nitrogens is 2. The molecule has 0 saturated carbocycles. The van der Waals surface area contributed by atoms with Gasteiger partial charge in [-0.25, -0.2) is 4.68 Å².